The predicted octanol–water partition coefficient (Wildman–Crippen LogP) is 4.04. The average molecular weight is 518 g/mol. The Hall–Kier alpha value is -0.820. The summed E-state index contributed by atoms with van der Waals surface area (Å²) in [5.74, 6) is 2.28. The van der Waals surface area contributed by atoms with Crippen LogP contribution in [0.15, 0.2) is 18.2 Å². The SMILES string of the molecule is C[C@]12CC[C@@H]3c4ccc(OC(=O)N(CCCl)CCCl)cc4CC[C@H]3[C@@H]1CC[C@@H]2OP(=O)([O-])[O-]. The number of ether oxygens (including phenoxy) is 1. The molecule has 0 bridgehead atoms. The van der Waals surface area contributed by atoms with Crippen LogP contribution in [0.2, 0.25) is 0 Å². The second kappa shape index (κ2) is 10.0. The van der Waals surface area contributed by atoms with Gasteiger partial charge in [0.05, 0.1) is 13.9 Å². The molecule has 2 fully saturated rings. The van der Waals surface area contributed by atoms with E-state index in [-0.39, 0.29) is 5.41 Å². The van der Waals surface area contributed by atoms with Crippen LogP contribution < -0.4 is 14.5 Å². The van der Waals surface area contributed by atoms with Gasteiger partial charge in [0.15, 0.2) is 0 Å². The number of carbonyl (C=O) groups is 1. The molecule has 7 nitrogen and oxygen atoms in total. The van der Waals surface area contributed by atoms with Gasteiger partial charge in [0.2, 0.25) is 0 Å². The molecule has 3 aliphatic rings. The molecule has 33 heavy (non-hydrogen) atoms. The molecule has 3 aliphatic carbocycles. The van der Waals surface area contributed by atoms with Crippen LogP contribution in [0.1, 0.15) is 56.1 Å². The number of benzene rings is 1. The molecule has 1 aromatic carbocycles. The molecule has 4 rings (SSSR count). The largest absolute Gasteiger partial charge is 0.790 e. The van der Waals surface area contributed by atoms with E-state index in [1.54, 1.807) is 0 Å². The van der Waals surface area contributed by atoms with Crippen molar-refractivity contribution >= 4 is 37.1 Å². The number of phosphoric ester groups is 1. The summed E-state index contributed by atoms with van der Waals surface area (Å²) in [5.41, 5.74) is 2.20. The van der Waals surface area contributed by atoms with E-state index in [9.17, 15) is 19.1 Å². The van der Waals surface area contributed by atoms with E-state index >= 15 is 0 Å². The summed E-state index contributed by atoms with van der Waals surface area (Å²) in [4.78, 5) is 36.5. The minimum absolute atomic E-state index is 0.285. The van der Waals surface area contributed by atoms with Crippen LogP contribution >= 0.6 is 31.0 Å². The highest BCUT2D eigenvalue weighted by molar-refractivity contribution is 7.43. The van der Waals surface area contributed by atoms with E-state index in [1.807, 2.05) is 12.1 Å². The first-order valence-corrected chi connectivity index (χ1v) is 14.1. The Balaban J connectivity index is 1.48. The molecule has 0 radical (unpaired) electrons. The van der Waals surface area contributed by atoms with Gasteiger partial charge in [0, 0.05) is 24.8 Å². The number of halogens is 2. The van der Waals surface area contributed by atoms with Crippen molar-refractivity contribution in [1.82, 2.24) is 4.90 Å². The van der Waals surface area contributed by atoms with Gasteiger partial charge in [-0.25, -0.2) is 4.79 Å². The van der Waals surface area contributed by atoms with Gasteiger partial charge in [-0.15, -0.1) is 23.2 Å². The van der Waals surface area contributed by atoms with Crippen LogP contribution in [-0.4, -0.2) is 41.9 Å². The minimum atomic E-state index is -5.00. The Morgan fingerprint density at radius 2 is 1.91 bits per heavy atom. The van der Waals surface area contributed by atoms with E-state index in [2.05, 4.69) is 13.0 Å². The number of alkyl halides is 2. The van der Waals surface area contributed by atoms with Crippen LogP contribution in [0.25, 0.3) is 0 Å². The minimum Gasteiger partial charge on any atom is -0.790 e. The van der Waals surface area contributed by atoms with Crippen LogP contribution in [0.3, 0.4) is 0 Å². The lowest BCUT2D eigenvalue weighted by Crippen LogP contribution is -2.45. The van der Waals surface area contributed by atoms with Crippen molar-refractivity contribution in [1.29, 1.82) is 0 Å². The molecule has 0 saturated heterocycles. The van der Waals surface area contributed by atoms with Gasteiger partial charge in [-0.1, -0.05) is 13.0 Å². The van der Waals surface area contributed by atoms with Crippen molar-refractivity contribution in [2.24, 2.45) is 17.3 Å². The topological polar surface area (TPSA) is 102 Å². The summed E-state index contributed by atoms with van der Waals surface area (Å²) in [6, 6.07) is 5.87. The lowest BCUT2D eigenvalue weighted by molar-refractivity contribution is -0.347. The maximum absolute atomic E-state index is 12.5. The Morgan fingerprint density at radius 1 is 1.18 bits per heavy atom. The molecular weight excluding hydrogens is 488 g/mol. The van der Waals surface area contributed by atoms with Gasteiger partial charge >= 0.3 is 6.09 Å². The fourth-order valence-corrected chi connectivity index (χ4v) is 7.63. The first-order valence-electron chi connectivity index (χ1n) is 11.6. The summed E-state index contributed by atoms with van der Waals surface area (Å²) in [7, 11) is -5.00. The Morgan fingerprint density at radius 3 is 2.58 bits per heavy atom. The molecule has 0 aromatic heterocycles. The number of carbonyl (C=O) groups excluding carboxylic acids is 1. The Kier molecular flexibility index (Phi) is 7.69. The third kappa shape index (κ3) is 5.24. The molecule has 1 aromatic rings. The van der Waals surface area contributed by atoms with Crippen molar-refractivity contribution in [3.8, 4) is 5.75 Å². The predicted molar refractivity (Wildman–Crippen MR) is 123 cm³/mol. The maximum Gasteiger partial charge on any atom is 0.415 e. The summed E-state index contributed by atoms with van der Waals surface area (Å²) in [6.07, 6.45) is 4.12. The number of rotatable bonds is 7. The molecule has 184 valence electrons. The number of hydrogen-bond donors (Lipinski definition) is 0. The monoisotopic (exact) mass is 517 g/mol. The van der Waals surface area contributed by atoms with E-state index in [0.29, 0.717) is 54.8 Å². The number of nitrogens with zero attached hydrogens (tertiary/aromatic N) is 1. The highest BCUT2D eigenvalue weighted by Crippen LogP contribution is 2.62. The molecule has 10 heteroatoms. The highest BCUT2D eigenvalue weighted by atomic mass is 35.5. The lowest BCUT2D eigenvalue weighted by Gasteiger charge is -2.51. The van der Waals surface area contributed by atoms with Crippen LogP contribution in [0.4, 0.5) is 4.79 Å². The molecule has 1 amide bonds. The quantitative estimate of drug-likeness (QED) is 0.399. The van der Waals surface area contributed by atoms with E-state index in [4.69, 9.17) is 32.5 Å². The van der Waals surface area contributed by atoms with Gasteiger partial charge in [-0.2, -0.15) is 0 Å². The molecule has 5 atom stereocenters. The second-order valence-electron chi connectivity index (χ2n) is 9.67. The van der Waals surface area contributed by atoms with E-state index in [1.165, 1.54) is 16.0 Å². The second-order valence-corrected chi connectivity index (χ2v) is 11.5. The highest BCUT2D eigenvalue weighted by Gasteiger charge is 2.55. The summed E-state index contributed by atoms with van der Waals surface area (Å²) in [5, 5.41) is 0. The van der Waals surface area contributed by atoms with Crippen LogP contribution in [0, 0.1) is 17.3 Å². The number of aryl methyl sites for hydroxylation is 1. The van der Waals surface area contributed by atoms with Crippen LogP contribution in [0.5, 0.6) is 5.75 Å². The number of hydrogen-bond acceptors (Lipinski definition) is 6. The molecule has 0 aliphatic heterocycles. The van der Waals surface area contributed by atoms with Gasteiger partial charge < -0.3 is 28.5 Å². The molecule has 0 spiro atoms. The third-order valence-corrected chi connectivity index (χ3v) is 8.89. The fourth-order valence-electron chi connectivity index (χ4n) is 6.57. The average Bonchev–Trinajstić information content (AvgIpc) is 3.08. The summed E-state index contributed by atoms with van der Waals surface area (Å²) in [6.45, 7) is 2.84. The number of fused-ring (bicyclic) bond motifs is 5. The fraction of sp³-hybridized carbons (Fsp3) is 0.696. The lowest BCUT2D eigenvalue weighted by atomic mass is 9.55. The van der Waals surface area contributed by atoms with E-state index < -0.39 is 20.0 Å². The molecular formula is C23H30Cl2NO6P-2. The summed E-state index contributed by atoms with van der Waals surface area (Å²) < 4.78 is 21.9. The molecule has 0 heterocycles. The maximum atomic E-state index is 12.5. The van der Waals surface area contributed by atoms with Gasteiger partial charge in [0.1, 0.15) is 5.75 Å². The zero-order valence-electron chi connectivity index (χ0n) is 18.7. The number of phosphoric acid groups is 1. The Labute approximate surface area is 205 Å². The molecule has 0 unspecified atom stereocenters. The standard InChI is InChI=1S/C23H32Cl2NO6P/c1-23-9-8-18-17-5-3-16(31-22(27)26(12-10-24)13-11-25)14-15(17)2-4-19(18)20(23)6-7-21(23)32-33(28,29)30/h3,5,14,18-21H,2,4,6-13H2,1H3,(H2,28,29,30)/p-2/t18-,19-,20+,21+,23+/m1/s1. The van der Waals surface area contributed by atoms with Crippen LogP contribution in [-0.2, 0) is 15.5 Å². The van der Waals surface area contributed by atoms with Crippen molar-refractivity contribution < 1.29 is 28.4 Å². The smallest absolute Gasteiger partial charge is 0.415 e. The first kappa shape index (κ1) is 25.3. The van der Waals surface area contributed by atoms with Gasteiger partial charge in [-0.3, -0.25) is 0 Å². The normalized spacial score (nSPS) is 30.8. The third-order valence-electron chi connectivity index (χ3n) is 8.04. The van der Waals surface area contributed by atoms with Crippen molar-refractivity contribution in [2.45, 2.75) is 57.5 Å². The zero-order chi connectivity index (χ0) is 23.8. The zero-order valence-corrected chi connectivity index (χ0v) is 21.1. The molecule has 0 N–H and O–H groups in total. The van der Waals surface area contributed by atoms with Crippen molar-refractivity contribution in [3.63, 3.8) is 0 Å². The van der Waals surface area contributed by atoms with Gasteiger partial charge in [-0.05, 0) is 85.0 Å². The Bertz CT molecular complexity index is 920. The van der Waals surface area contributed by atoms with E-state index in [0.717, 1.165) is 32.1 Å². The van der Waals surface area contributed by atoms with Crippen molar-refractivity contribution in [2.75, 3.05) is 24.8 Å². The number of amides is 1. The summed E-state index contributed by atoms with van der Waals surface area (Å²) >= 11 is 11.6. The van der Waals surface area contributed by atoms with Crippen molar-refractivity contribution in [3.05, 3.63) is 29.3 Å². The first-order chi connectivity index (χ1) is 15.7. The molecule has 2 saturated carbocycles. The van der Waals surface area contributed by atoms with Gasteiger partial charge in [0.25, 0.3) is 0 Å².